The van der Waals surface area contributed by atoms with Gasteiger partial charge < -0.3 is 9.54 Å². The number of rotatable bonds is 3. The van der Waals surface area contributed by atoms with Gasteiger partial charge >= 0.3 is 0 Å². The Labute approximate surface area is 132 Å². The summed E-state index contributed by atoms with van der Waals surface area (Å²) in [4.78, 5) is 15.0. The lowest BCUT2D eigenvalue weighted by molar-refractivity contribution is 0.530. The molecule has 0 spiro atoms. The first-order chi connectivity index (χ1) is 9.68. The van der Waals surface area contributed by atoms with Crippen molar-refractivity contribution in [3.05, 3.63) is 45.2 Å². The molecule has 2 N–H and O–H groups in total. The summed E-state index contributed by atoms with van der Waals surface area (Å²) in [6.07, 6.45) is 0. The summed E-state index contributed by atoms with van der Waals surface area (Å²) in [5.41, 5.74) is 1.09. The van der Waals surface area contributed by atoms with Crippen molar-refractivity contribution >= 4 is 33.9 Å². The maximum absolute atomic E-state index is 12.2. The third-order valence-corrected chi connectivity index (χ3v) is 5.06. The van der Waals surface area contributed by atoms with Crippen LogP contribution in [0.25, 0.3) is 10.9 Å². The Hall–Kier alpha value is -1.01. The molecule has 4 nitrogen and oxygen atoms in total. The third-order valence-electron chi connectivity index (χ3n) is 3.14. The van der Waals surface area contributed by atoms with E-state index in [0.717, 1.165) is 10.9 Å². The van der Waals surface area contributed by atoms with Crippen molar-refractivity contribution in [2.24, 2.45) is 0 Å². The molecule has 0 aliphatic carbocycles. The highest BCUT2D eigenvalue weighted by Crippen LogP contribution is 2.21. The van der Waals surface area contributed by atoms with Crippen molar-refractivity contribution in [1.29, 1.82) is 0 Å². The second kappa shape index (κ2) is 6.01. The van der Waals surface area contributed by atoms with E-state index in [0.29, 0.717) is 10.6 Å². The van der Waals surface area contributed by atoms with Crippen molar-refractivity contribution in [2.45, 2.75) is 38.5 Å². The number of hydrogen-bond donors (Lipinski definition) is 2. The number of fused-ring (bicyclic) bond motifs is 1. The molecule has 1 aromatic heterocycles. The number of pyridine rings is 1. The topological polar surface area (TPSA) is 67.9 Å². The predicted octanol–water partition coefficient (Wildman–Crippen LogP) is 3.29. The van der Waals surface area contributed by atoms with Gasteiger partial charge in [-0.25, -0.2) is 0 Å². The van der Waals surface area contributed by atoms with Crippen molar-refractivity contribution in [3.63, 3.8) is 0 Å². The van der Waals surface area contributed by atoms with Crippen LogP contribution in [0.1, 0.15) is 39.3 Å². The molecule has 0 aliphatic heterocycles. The SMILES string of the molecule is CC(N[S@+]([O-])C(C)(C)C)c1cc2cc(Cl)ccc2[nH]c1=O. The van der Waals surface area contributed by atoms with Gasteiger partial charge in [0, 0.05) is 32.9 Å². The number of aromatic amines is 1. The molecule has 0 bridgehead atoms. The van der Waals surface area contributed by atoms with E-state index in [4.69, 9.17) is 11.6 Å². The van der Waals surface area contributed by atoms with Gasteiger partial charge in [0.05, 0.1) is 6.04 Å². The number of nitrogens with one attached hydrogen (secondary N) is 2. The van der Waals surface area contributed by atoms with Crippen molar-refractivity contribution in [1.82, 2.24) is 9.71 Å². The normalized spacial score (nSPS) is 15.1. The molecule has 1 unspecified atom stereocenters. The summed E-state index contributed by atoms with van der Waals surface area (Å²) in [6.45, 7) is 7.47. The predicted molar refractivity (Wildman–Crippen MR) is 89.0 cm³/mol. The minimum Gasteiger partial charge on any atom is -0.598 e. The summed E-state index contributed by atoms with van der Waals surface area (Å²) in [7, 11) is 0. The molecular weight excluding hydrogens is 308 g/mol. The van der Waals surface area contributed by atoms with Gasteiger partial charge in [0.15, 0.2) is 0 Å². The van der Waals surface area contributed by atoms with Crippen molar-refractivity contribution in [2.75, 3.05) is 0 Å². The van der Waals surface area contributed by atoms with Gasteiger partial charge in [0.25, 0.3) is 5.56 Å². The van der Waals surface area contributed by atoms with E-state index in [1.807, 2.05) is 27.7 Å². The molecule has 6 heteroatoms. The van der Waals surface area contributed by atoms with Crippen LogP contribution in [0.4, 0.5) is 0 Å². The van der Waals surface area contributed by atoms with Crippen LogP contribution in [0.2, 0.25) is 5.02 Å². The van der Waals surface area contributed by atoms with Crippen LogP contribution in [0.15, 0.2) is 29.1 Å². The van der Waals surface area contributed by atoms with Crippen LogP contribution in [-0.4, -0.2) is 14.3 Å². The standard InChI is InChI=1S/C15H19ClN2O2S/c1-9(18-21(20)15(2,3)4)12-8-10-7-11(16)5-6-13(10)17-14(12)19/h5-9,18H,1-4H3,(H,17,19)/t9?,21-/m1/s1. The largest absolute Gasteiger partial charge is 0.598 e. The molecule has 0 radical (unpaired) electrons. The molecule has 114 valence electrons. The fourth-order valence-electron chi connectivity index (χ4n) is 1.92. The quantitative estimate of drug-likeness (QED) is 0.850. The van der Waals surface area contributed by atoms with Gasteiger partial charge in [-0.15, -0.1) is 4.72 Å². The maximum atomic E-state index is 12.2. The molecule has 0 saturated carbocycles. The molecule has 21 heavy (non-hydrogen) atoms. The highest BCUT2D eigenvalue weighted by Gasteiger charge is 2.29. The van der Waals surface area contributed by atoms with Gasteiger partial charge in [-0.3, -0.25) is 4.79 Å². The number of halogens is 1. The summed E-state index contributed by atoms with van der Waals surface area (Å²) >= 11 is 4.74. The monoisotopic (exact) mass is 326 g/mol. The number of hydrogen-bond acceptors (Lipinski definition) is 3. The van der Waals surface area contributed by atoms with Gasteiger partial charge in [0.1, 0.15) is 4.75 Å². The first kappa shape index (κ1) is 16.4. The van der Waals surface area contributed by atoms with Crippen LogP contribution in [0.3, 0.4) is 0 Å². The summed E-state index contributed by atoms with van der Waals surface area (Å²) in [6, 6.07) is 6.77. The molecule has 1 aromatic carbocycles. The Balaban J connectivity index is 2.37. The van der Waals surface area contributed by atoms with Gasteiger partial charge in [0.2, 0.25) is 0 Å². The van der Waals surface area contributed by atoms with E-state index in [1.54, 1.807) is 24.3 Å². The molecule has 0 fully saturated rings. The Bertz CT molecular complexity index is 709. The average molecular weight is 327 g/mol. The van der Waals surface area contributed by atoms with Gasteiger partial charge in [-0.2, -0.15) is 0 Å². The fourth-order valence-corrected chi connectivity index (χ4v) is 2.90. The minimum absolute atomic E-state index is 0.185. The first-order valence-corrected chi connectivity index (χ1v) is 8.22. The Kier molecular flexibility index (Phi) is 4.68. The molecule has 2 aromatic rings. The summed E-state index contributed by atoms with van der Waals surface area (Å²) in [5, 5.41) is 1.46. The molecule has 2 atom stereocenters. The van der Waals surface area contributed by atoms with E-state index in [1.165, 1.54) is 0 Å². The minimum atomic E-state index is -1.24. The molecule has 1 heterocycles. The zero-order valence-corrected chi connectivity index (χ0v) is 14.1. The lowest BCUT2D eigenvalue weighted by Gasteiger charge is -2.26. The van der Waals surface area contributed by atoms with Crippen molar-refractivity contribution < 1.29 is 4.55 Å². The van der Waals surface area contributed by atoms with Crippen LogP contribution < -0.4 is 10.3 Å². The second-order valence-electron chi connectivity index (χ2n) is 6.01. The highest BCUT2D eigenvalue weighted by molar-refractivity contribution is 7.90. The lowest BCUT2D eigenvalue weighted by Crippen LogP contribution is -2.41. The Morgan fingerprint density at radius 2 is 2.00 bits per heavy atom. The highest BCUT2D eigenvalue weighted by atomic mass is 35.5. The van der Waals surface area contributed by atoms with Crippen LogP contribution >= 0.6 is 11.6 Å². The van der Waals surface area contributed by atoms with Gasteiger partial charge in [-0.1, -0.05) is 11.6 Å². The average Bonchev–Trinajstić information content (AvgIpc) is 2.37. The summed E-state index contributed by atoms with van der Waals surface area (Å²) in [5.74, 6) is 0. The number of aromatic nitrogens is 1. The van der Waals surface area contributed by atoms with E-state index in [-0.39, 0.29) is 16.3 Å². The Morgan fingerprint density at radius 1 is 1.33 bits per heavy atom. The second-order valence-corrected chi connectivity index (χ2v) is 8.44. The maximum Gasteiger partial charge on any atom is 0.253 e. The molecular formula is C15H19ClN2O2S. The van der Waals surface area contributed by atoms with Gasteiger partial charge in [-0.05, 0) is 52.0 Å². The first-order valence-electron chi connectivity index (χ1n) is 6.69. The zero-order valence-electron chi connectivity index (χ0n) is 12.5. The van der Waals surface area contributed by atoms with Crippen LogP contribution in [0.5, 0.6) is 0 Å². The summed E-state index contributed by atoms with van der Waals surface area (Å²) < 4.78 is 14.7. The lowest BCUT2D eigenvalue weighted by atomic mass is 10.1. The molecule has 2 rings (SSSR count). The van der Waals surface area contributed by atoms with Crippen LogP contribution in [0, 0.1) is 0 Å². The fraction of sp³-hybridized carbons (Fsp3) is 0.400. The smallest absolute Gasteiger partial charge is 0.253 e. The Morgan fingerprint density at radius 3 is 2.62 bits per heavy atom. The molecule has 0 saturated heterocycles. The van der Waals surface area contributed by atoms with E-state index in [2.05, 4.69) is 9.71 Å². The number of benzene rings is 1. The van der Waals surface area contributed by atoms with Crippen molar-refractivity contribution in [3.8, 4) is 0 Å². The van der Waals surface area contributed by atoms with Crippen LogP contribution in [-0.2, 0) is 11.4 Å². The van der Waals surface area contributed by atoms with E-state index in [9.17, 15) is 9.35 Å². The number of H-pyrrole nitrogens is 1. The van der Waals surface area contributed by atoms with E-state index < -0.39 is 11.4 Å². The zero-order chi connectivity index (χ0) is 15.8. The molecule has 0 amide bonds. The molecule has 0 aliphatic rings. The third kappa shape index (κ3) is 3.80. The van der Waals surface area contributed by atoms with E-state index >= 15 is 0 Å².